The Bertz CT molecular complexity index is 474. The van der Waals surface area contributed by atoms with E-state index in [1.807, 2.05) is 18.7 Å². The number of aromatic nitrogens is 1. The van der Waals surface area contributed by atoms with Gasteiger partial charge in [0, 0.05) is 43.0 Å². The SMILES string of the molecule is CC1CN(C(=O)c2cc[nH]c(=O)c2)C(C)CN1.Cl. The molecule has 18 heavy (non-hydrogen) atoms. The third-order valence-electron chi connectivity index (χ3n) is 3.05. The van der Waals surface area contributed by atoms with Crippen LogP contribution in [0.25, 0.3) is 0 Å². The number of H-pyrrole nitrogens is 1. The van der Waals surface area contributed by atoms with Crippen LogP contribution in [0.2, 0.25) is 0 Å². The lowest BCUT2D eigenvalue weighted by atomic mass is 10.1. The maximum atomic E-state index is 12.3. The molecule has 2 heterocycles. The number of hydrogen-bond donors (Lipinski definition) is 2. The average molecular weight is 272 g/mol. The fourth-order valence-electron chi connectivity index (χ4n) is 2.05. The van der Waals surface area contributed by atoms with E-state index >= 15 is 0 Å². The van der Waals surface area contributed by atoms with Gasteiger partial charge in [0.25, 0.3) is 5.91 Å². The summed E-state index contributed by atoms with van der Waals surface area (Å²) in [5.74, 6) is -0.0723. The van der Waals surface area contributed by atoms with Crippen LogP contribution in [0.15, 0.2) is 23.1 Å². The molecule has 5 nitrogen and oxygen atoms in total. The molecular formula is C12H18ClN3O2. The van der Waals surface area contributed by atoms with E-state index in [0.717, 1.165) is 6.54 Å². The highest BCUT2D eigenvalue weighted by Crippen LogP contribution is 2.11. The number of halogens is 1. The van der Waals surface area contributed by atoms with Crippen molar-refractivity contribution in [1.82, 2.24) is 15.2 Å². The molecule has 2 unspecified atom stereocenters. The second-order valence-electron chi connectivity index (χ2n) is 4.56. The van der Waals surface area contributed by atoms with E-state index in [0.29, 0.717) is 12.1 Å². The fraction of sp³-hybridized carbons (Fsp3) is 0.500. The summed E-state index contributed by atoms with van der Waals surface area (Å²) in [7, 11) is 0. The van der Waals surface area contributed by atoms with E-state index in [-0.39, 0.29) is 36.0 Å². The predicted octanol–water partition coefficient (Wildman–Crippen LogP) is 0.619. The Balaban J connectivity index is 0.00000162. The molecule has 1 saturated heterocycles. The summed E-state index contributed by atoms with van der Waals surface area (Å²) in [5.41, 5.74) is 0.210. The highest BCUT2D eigenvalue weighted by molar-refractivity contribution is 5.94. The lowest BCUT2D eigenvalue weighted by Crippen LogP contribution is -2.56. The van der Waals surface area contributed by atoms with Gasteiger partial charge >= 0.3 is 0 Å². The van der Waals surface area contributed by atoms with E-state index < -0.39 is 0 Å². The maximum Gasteiger partial charge on any atom is 0.254 e. The van der Waals surface area contributed by atoms with Gasteiger partial charge in [0.05, 0.1) is 0 Å². The number of rotatable bonds is 1. The molecule has 0 aliphatic carbocycles. The summed E-state index contributed by atoms with van der Waals surface area (Å²) in [6.07, 6.45) is 1.51. The van der Waals surface area contributed by atoms with Gasteiger partial charge in [-0.05, 0) is 19.9 Å². The molecule has 1 amide bonds. The van der Waals surface area contributed by atoms with Crippen molar-refractivity contribution in [3.8, 4) is 0 Å². The highest BCUT2D eigenvalue weighted by atomic mass is 35.5. The number of aromatic amines is 1. The van der Waals surface area contributed by atoms with Gasteiger partial charge in [-0.1, -0.05) is 0 Å². The van der Waals surface area contributed by atoms with Crippen LogP contribution in [0.1, 0.15) is 24.2 Å². The maximum absolute atomic E-state index is 12.3. The van der Waals surface area contributed by atoms with Crippen molar-refractivity contribution in [2.75, 3.05) is 13.1 Å². The molecule has 2 atom stereocenters. The molecule has 100 valence electrons. The first kappa shape index (κ1) is 14.7. The number of nitrogens with zero attached hydrogens (tertiary/aromatic N) is 1. The molecule has 6 heteroatoms. The zero-order valence-corrected chi connectivity index (χ0v) is 11.3. The van der Waals surface area contributed by atoms with Crippen molar-refractivity contribution in [3.63, 3.8) is 0 Å². The molecule has 1 fully saturated rings. The smallest absolute Gasteiger partial charge is 0.254 e. The number of nitrogens with one attached hydrogen (secondary N) is 2. The summed E-state index contributed by atoms with van der Waals surface area (Å²) >= 11 is 0. The lowest BCUT2D eigenvalue weighted by Gasteiger charge is -2.37. The van der Waals surface area contributed by atoms with Crippen molar-refractivity contribution in [2.24, 2.45) is 0 Å². The van der Waals surface area contributed by atoms with Gasteiger partial charge in [-0.15, -0.1) is 12.4 Å². The third-order valence-corrected chi connectivity index (χ3v) is 3.05. The van der Waals surface area contributed by atoms with E-state index in [1.54, 1.807) is 6.07 Å². The van der Waals surface area contributed by atoms with E-state index in [9.17, 15) is 9.59 Å². The van der Waals surface area contributed by atoms with Gasteiger partial charge < -0.3 is 15.2 Å². The van der Waals surface area contributed by atoms with Crippen molar-refractivity contribution in [3.05, 3.63) is 34.2 Å². The first-order valence-corrected chi connectivity index (χ1v) is 5.81. The Labute approximate surface area is 112 Å². The Morgan fingerprint density at radius 2 is 2.17 bits per heavy atom. The summed E-state index contributed by atoms with van der Waals surface area (Å²) < 4.78 is 0. The van der Waals surface area contributed by atoms with Crippen LogP contribution in [0.3, 0.4) is 0 Å². The van der Waals surface area contributed by atoms with Crippen LogP contribution in [0.5, 0.6) is 0 Å². The topological polar surface area (TPSA) is 65.2 Å². The van der Waals surface area contributed by atoms with Gasteiger partial charge in [0.2, 0.25) is 5.56 Å². The molecule has 1 aromatic heterocycles. The number of carbonyl (C=O) groups is 1. The largest absolute Gasteiger partial charge is 0.333 e. The quantitative estimate of drug-likeness (QED) is 0.787. The van der Waals surface area contributed by atoms with Crippen molar-refractivity contribution in [1.29, 1.82) is 0 Å². The van der Waals surface area contributed by atoms with E-state index in [1.165, 1.54) is 12.3 Å². The normalized spacial score (nSPS) is 23.3. The fourth-order valence-corrected chi connectivity index (χ4v) is 2.05. The Kier molecular flexibility index (Phi) is 4.93. The molecule has 0 radical (unpaired) electrons. The average Bonchev–Trinajstić information content (AvgIpc) is 2.31. The summed E-state index contributed by atoms with van der Waals surface area (Å²) in [5, 5.41) is 3.32. The molecule has 0 saturated carbocycles. The zero-order chi connectivity index (χ0) is 12.4. The molecule has 2 rings (SSSR count). The van der Waals surface area contributed by atoms with Crippen LogP contribution < -0.4 is 10.9 Å². The number of piperazine rings is 1. The van der Waals surface area contributed by atoms with Crippen molar-refractivity contribution >= 4 is 18.3 Å². The van der Waals surface area contributed by atoms with Gasteiger partial charge in [-0.3, -0.25) is 9.59 Å². The van der Waals surface area contributed by atoms with E-state index in [4.69, 9.17) is 0 Å². The number of amides is 1. The van der Waals surface area contributed by atoms with Gasteiger partial charge in [-0.2, -0.15) is 0 Å². The predicted molar refractivity (Wildman–Crippen MR) is 72.3 cm³/mol. The molecule has 0 aromatic carbocycles. The summed E-state index contributed by atoms with van der Waals surface area (Å²) in [6.45, 7) is 5.51. The van der Waals surface area contributed by atoms with Crippen molar-refractivity contribution < 1.29 is 4.79 Å². The Morgan fingerprint density at radius 3 is 2.83 bits per heavy atom. The van der Waals surface area contributed by atoms with Gasteiger partial charge in [-0.25, -0.2) is 0 Å². The van der Waals surface area contributed by atoms with Crippen LogP contribution in [-0.4, -0.2) is 41.0 Å². The second kappa shape index (κ2) is 6.02. The minimum atomic E-state index is -0.244. The number of carbonyl (C=O) groups excluding carboxylic acids is 1. The van der Waals surface area contributed by atoms with E-state index in [2.05, 4.69) is 10.3 Å². The molecule has 1 aliphatic rings. The van der Waals surface area contributed by atoms with Crippen LogP contribution in [0.4, 0.5) is 0 Å². The lowest BCUT2D eigenvalue weighted by molar-refractivity contribution is 0.0616. The molecular weight excluding hydrogens is 254 g/mol. The molecule has 2 N–H and O–H groups in total. The van der Waals surface area contributed by atoms with Crippen LogP contribution in [0, 0.1) is 0 Å². The molecule has 1 aromatic rings. The number of hydrogen-bond acceptors (Lipinski definition) is 3. The van der Waals surface area contributed by atoms with Crippen LogP contribution in [-0.2, 0) is 0 Å². The Morgan fingerprint density at radius 1 is 1.44 bits per heavy atom. The minimum Gasteiger partial charge on any atom is -0.333 e. The summed E-state index contributed by atoms with van der Waals surface area (Å²) in [6, 6.07) is 3.43. The minimum absolute atomic E-state index is 0. The standard InChI is InChI=1S/C12H17N3O2.ClH/c1-8-7-15(9(2)6-14-8)12(17)10-3-4-13-11(16)5-10;/h3-5,8-9,14H,6-7H2,1-2H3,(H,13,16);1H. The summed E-state index contributed by atoms with van der Waals surface area (Å²) in [4.78, 5) is 27.8. The first-order valence-electron chi connectivity index (χ1n) is 5.81. The highest BCUT2D eigenvalue weighted by Gasteiger charge is 2.27. The second-order valence-corrected chi connectivity index (χ2v) is 4.56. The zero-order valence-electron chi connectivity index (χ0n) is 10.5. The van der Waals surface area contributed by atoms with Gasteiger partial charge in [0.1, 0.15) is 0 Å². The van der Waals surface area contributed by atoms with Crippen LogP contribution >= 0.6 is 12.4 Å². The molecule has 0 bridgehead atoms. The third kappa shape index (κ3) is 3.11. The Hall–Kier alpha value is -1.33. The monoisotopic (exact) mass is 271 g/mol. The molecule has 1 aliphatic heterocycles. The first-order chi connectivity index (χ1) is 8.08. The number of pyridine rings is 1. The van der Waals surface area contributed by atoms with Crippen molar-refractivity contribution in [2.45, 2.75) is 25.9 Å². The van der Waals surface area contributed by atoms with Gasteiger partial charge in [0.15, 0.2) is 0 Å². The molecule has 0 spiro atoms.